The summed E-state index contributed by atoms with van der Waals surface area (Å²) in [4.78, 5) is 21.2. The lowest BCUT2D eigenvalue weighted by Crippen LogP contribution is -2.49. The third kappa shape index (κ3) is 2.66. The summed E-state index contributed by atoms with van der Waals surface area (Å²) in [5.41, 5.74) is 6.48. The zero-order valence-corrected chi connectivity index (χ0v) is 12.0. The van der Waals surface area contributed by atoms with Crippen molar-refractivity contribution in [3.05, 3.63) is 23.5 Å². The summed E-state index contributed by atoms with van der Waals surface area (Å²) < 4.78 is 1.70. The zero-order chi connectivity index (χ0) is 14.1. The topological polar surface area (TPSA) is 80.3 Å². The second kappa shape index (κ2) is 5.22. The molecule has 0 unspecified atom stereocenters. The number of aryl methyl sites for hydroxylation is 1. The molecule has 0 saturated carbocycles. The first kappa shape index (κ1) is 13.1. The quantitative estimate of drug-likeness (QED) is 0.880. The van der Waals surface area contributed by atoms with Crippen LogP contribution in [0.25, 0.3) is 0 Å². The van der Waals surface area contributed by atoms with Crippen molar-refractivity contribution in [2.75, 3.05) is 30.3 Å². The molecule has 2 aromatic rings. The van der Waals surface area contributed by atoms with Gasteiger partial charge in [-0.15, -0.1) is 11.3 Å². The summed E-state index contributed by atoms with van der Waals surface area (Å²) in [6.45, 7) is 2.64. The SMILES string of the molecule is Cn1cc(N2CCN(Cc3cnc(N)s3)CC2=O)cn1. The van der Waals surface area contributed by atoms with Crippen LogP contribution in [0.3, 0.4) is 0 Å². The van der Waals surface area contributed by atoms with Crippen LogP contribution in [0.5, 0.6) is 0 Å². The second-order valence-corrected chi connectivity index (χ2v) is 5.94. The van der Waals surface area contributed by atoms with E-state index in [9.17, 15) is 4.79 Å². The van der Waals surface area contributed by atoms with Crippen LogP contribution in [0.4, 0.5) is 10.8 Å². The average molecular weight is 292 g/mol. The van der Waals surface area contributed by atoms with Crippen molar-refractivity contribution < 1.29 is 4.79 Å². The van der Waals surface area contributed by atoms with E-state index < -0.39 is 0 Å². The molecule has 0 aliphatic carbocycles. The highest BCUT2D eigenvalue weighted by Crippen LogP contribution is 2.20. The third-order valence-corrected chi connectivity index (χ3v) is 4.06. The zero-order valence-electron chi connectivity index (χ0n) is 11.2. The fraction of sp³-hybridized carbons (Fsp3) is 0.417. The van der Waals surface area contributed by atoms with Gasteiger partial charge in [-0.05, 0) is 0 Å². The van der Waals surface area contributed by atoms with Gasteiger partial charge in [0.05, 0.1) is 18.4 Å². The molecule has 0 spiro atoms. The summed E-state index contributed by atoms with van der Waals surface area (Å²) in [6, 6.07) is 0. The molecule has 1 amide bonds. The number of carbonyl (C=O) groups excluding carboxylic acids is 1. The highest BCUT2D eigenvalue weighted by atomic mass is 32.1. The molecule has 1 aliphatic heterocycles. The van der Waals surface area contributed by atoms with Gasteiger partial charge in [0.25, 0.3) is 0 Å². The summed E-state index contributed by atoms with van der Waals surface area (Å²) in [5, 5.41) is 4.67. The molecule has 8 heteroatoms. The molecule has 3 heterocycles. The van der Waals surface area contributed by atoms with Crippen LogP contribution in [0.1, 0.15) is 4.88 Å². The van der Waals surface area contributed by atoms with E-state index in [2.05, 4.69) is 15.0 Å². The van der Waals surface area contributed by atoms with E-state index in [1.54, 1.807) is 22.0 Å². The van der Waals surface area contributed by atoms with E-state index in [1.165, 1.54) is 11.3 Å². The molecular weight excluding hydrogens is 276 g/mol. The van der Waals surface area contributed by atoms with Crippen LogP contribution in [0, 0.1) is 0 Å². The van der Waals surface area contributed by atoms with E-state index in [0.29, 0.717) is 18.2 Å². The minimum absolute atomic E-state index is 0.0988. The molecule has 2 N–H and O–H groups in total. The van der Waals surface area contributed by atoms with Gasteiger partial charge >= 0.3 is 0 Å². The molecule has 0 bridgehead atoms. The van der Waals surface area contributed by atoms with Crippen molar-refractivity contribution in [2.24, 2.45) is 7.05 Å². The Morgan fingerprint density at radius 3 is 2.85 bits per heavy atom. The van der Waals surface area contributed by atoms with Gasteiger partial charge in [0, 0.05) is 44.0 Å². The smallest absolute Gasteiger partial charge is 0.241 e. The summed E-state index contributed by atoms with van der Waals surface area (Å²) in [5.74, 6) is 0.0988. The standard InChI is InChI=1S/C12H16N6OS/c1-16-6-9(4-15-16)18-3-2-17(8-11(18)19)7-10-5-14-12(13)20-10/h4-6H,2-3,7-8H2,1H3,(H2,13,14). The van der Waals surface area contributed by atoms with Crippen molar-refractivity contribution in [3.8, 4) is 0 Å². The normalized spacial score (nSPS) is 16.9. The number of carbonyl (C=O) groups is 1. The van der Waals surface area contributed by atoms with E-state index in [-0.39, 0.29) is 5.91 Å². The Morgan fingerprint density at radius 2 is 2.25 bits per heavy atom. The molecule has 106 valence electrons. The maximum absolute atomic E-state index is 12.2. The summed E-state index contributed by atoms with van der Waals surface area (Å²) in [7, 11) is 1.85. The first-order chi connectivity index (χ1) is 9.61. The predicted octanol–water partition coefficient (Wildman–Crippen LogP) is 0.308. The van der Waals surface area contributed by atoms with Gasteiger partial charge < -0.3 is 10.6 Å². The van der Waals surface area contributed by atoms with Crippen LogP contribution in [0.2, 0.25) is 0 Å². The van der Waals surface area contributed by atoms with E-state index in [4.69, 9.17) is 5.73 Å². The van der Waals surface area contributed by atoms with Crippen molar-refractivity contribution in [1.29, 1.82) is 0 Å². The van der Waals surface area contributed by atoms with Crippen molar-refractivity contribution in [1.82, 2.24) is 19.7 Å². The first-order valence-corrected chi connectivity index (χ1v) is 7.15. The highest BCUT2D eigenvalue weighted by Gasteiger charge is 2.26. The number of nitrogens with zero attached hydrogens (tertiary/aromatic N) is 5. The number of thiazole rings is 1. The lowest BCUT2D eigenvalue weighted by molar-refractivity contribution is -0.121. The van der Waals surface area contributed by atoms with Crippen molar-refractivity contribution >= 4 is 28.1 Å². The Balaban J connectivity index is 1.63. The van der Waals surface area contributed by atoms with Crippen molar-refractivity contribution in [2.45, 2.75) is 6.54 Å². The minimum Gasteiger partial charge on any atom is -0.375 e. The molecule has 2 aromatic heterocycles. The molecule has 1 aliphatic rings. The van der Waals surface area contributed by atoms with Crippen molar-refractivity contribution in [3.63, 3.8) is 0 Å². The molecule has 7 nitrogen and oxygen atoms in total. The number of nitrogens with two attached hydrogens (primary N) is 1. The Morgan fingerprint density at radius 1 is 1.40 bits per heavy atom. The molecule has 0 radical (unpaired) electrons. The van der Waals surface area contributed by atoms with Gasteiger partial charge in [-0.2, -0.15) is 5.10 Å². The molecule has 1 fully saturated rings. The monoisotopic (exact) mass is 292 g/mol. The van der Waals surface area contributed by atoms with Crippen LogP contribution in [-0.4, -0.2) is 45.2 Å². The van der Waals surface area contributed by atoms with E-state index in [0.717, 1.165) is 23.7 Å². The first-order valence-electron chi connectivity index (χ1n) is 6.33. The number of nitrogen functional groups attached to an aromatic ring is 1. The third-order valence-electron chi connectivity index (χ3n) is 3.25. The Bertz CT molecular complexity index is 621. The van der Waals surface area contributed by atoms with E-state index in [1.807, 2.05) is 13.2 Å². The fourth-order valence-electron chi connectivity index (χ4n) is 2.29. The van der Waals surface area contributed by atoms with Crippen LogP contribution < -0.4 is 10.6 Å². The predicted molar refractivity (Wildman–Crippen MR) is 77.4 cm³/mol. The molecule has 0 aromatic carbocycles. The number of anilines is 2. The maximum atomic E-state index is 12.2. The summed E-state index contributed by atoms with van der Waals surface area (Å²) in [6.07, 6.45) is 5.35. The van der Waals surface area contributed by atoms with Crippen LogP contribution in [0.15, 0.2) is 18.6 Å². The lowest BCUT2D eigenvalue weighted by atomic mass is 10.3. The minimum atomic E-state index is 0.0988. The molecule has 0 atom stereocenters. The Labute approximate surface area is 120 Å². The molecule has 3 rings (SSSR count). The van der Waals surface area contributed by atoms with Crippen LogP contribution >= 0.6 is 11.3 Å². The Kier molecular flexibility index (Phi) is 3.41. The largest absolute Gasteiger partial charge is 0.375 e. The molecule has 20 heavy (non-hydrogen) atoms. The number of aromatic nitrogens is 3. The lowest BCUT2D eigenvalue weighted by Gasteiger charge is -2.33. The number of rotatable bonds is 3. The van der Waals surface area contributed by atoms with Crippen LogP contribution in [-0.2, 0) is 18.4 Å². The van der Waals surface area contributed by atoms with Gasteiger partial charge in [-0.3, -0.25) is 14.4 Å². The Hall–Kier alpha value is -1.93. The van der Waals surface area contributed by atoms with Gasteiger partial charge in [-0.25, -0.2) is 4.98 Å². The summed E-state index contributed by atoms with van der Waals surface area (Å²) >= 11 is 1.47. The van der Waals surface area contributed by atoms with E-state index >= 15 is 0 Å². The molecular formula is C12H16N6OS. The van der Waals surface area contributed by atoms with Gasteiger partial charge in [-0.1, -0.05) is 0 Å². The highest BCUT2D eigenvalue weighted by molar-refractivity contribution is 7.15. The van der Waals surface area contributed by atoms with Gasteiger partial charge in [0.15, 0.2) is 5.13 Å². The fourth-order valence-corrected chi connectivity index (χ4v) is 3.02. The van der Waals surface area contributed by atoms with Gasteiger partial charge in [0.2, 0.25) is 5.91 Å². The number of hydrogen-bond donors (Lipinski definition) is 1. The van der Waals surface area contributed by atoms with Gasteiger partial charge in [0.1, 0.15) is 0 Å². The number of amides is 1. The second-order valence-electron chi connectivity index (χ2n) is 4.79. The maximum Gasteiger partial charge on any atom is 0.241 e. The number of piperazine rings is 1. The number of hydrogen-bond acceptors (Lipinski definition) is 6. The molecule has 1 saturated heterocycles. The average Bonchev–Trinajstić information content (AvgIpc) is 2.99.